The van der Waals surface area contributed by atoms with Crippen LogP contribution >= 0.6 is 0 Å². The summed E-state index contributed by atoms with van der Waals surface area (Å²) in [6.07, 6.45) is 0. The summed E-state index contributed by atoms with van der Waals surface area (Å²) in [6.45, 7) is 4.47. The van der Waals surface area contributed by atoms with E-state index < -0.39 is 28.9 Å². The molecule has 1 heterocycles. The van der Waals surface area contributed by atoms with Gasteiger partial charge in [-0.25, -0.2) is 17.9 Å². The van der Waals surface area contributed by atoms with Gasteiger partial charge in [-0.3, -0.25) is 4.79 Å². The zero-order valence-corrected chi connectivity index (χ0v) is 10.6. The van der Waals surface area contributed by atoms with Gasteiger partial charge in [0.15, 0.2) is 11.6 Å². The first kappa shape index (κ1) is 13.3. The van der Waals surface area contributed by atoms with E-state index in [1.807, 2.05) is 0 Å². The summed E-state index contributed by atoms with van der Waals surface area (Å²) in [5.74, 6) is -4.86. The van der Waals surface area contributed by atoms with Crippen LogP contribution in [0.2, 0.25) is 0 Å². The van der Waals surface area contributed by atoms with Crippen LogP contribution in [-0.4, -0.2) is 15.7 Å². The van der Waals surface area contributed by atoms with Crippen LogP contribution in [0.5, 0.6) is 0 Å². The van der Waals surface area contributed by atoms with Crippen LogP contribution < -0.4 is 0 Å². The van der Waals surface area contributed by atoms with Crippen molar-refractivity contribution in [1.29, 1.82) is 0 Å². The van der Waals surface area contributed by atoms with Crippen molar-refractivity contribution in [3.63, 3.8) is 0 Å². The predicted octanol–water partition coefficient (Wildman–Crippen LogP) is 2.91. The van der Waals surface area contributed by atoms with Gasteiger partial charge in [0.05, 0.1) is 5.69 Å². The molecule has 0 bridgehead atoms. The fourth-order valence-corrected chi connectivity index (χ4v) is 1.86. The zero-order chi connectivity index (χ0) is 14.3. The Hall–Kier alpha value is -2.11. The second-order valence-electron chi connectivity index (χ2n) is 4.32. The molecule has 1 aromatic heterocycles. The largest absolute Gasteiger partial charge is 0.284 e. The minimum atomic E-state index is -1.50. The summed E-state index contributed by atoms with van der Waals surface area (Å²) in [5, 5.41) is 3.84. The van der Waals surface area contributed by atoms with Crippen molar-refractivity contribution in [3.05, 3.63) is 52.1 Å². The number of aromatic nitrogens is 2. The lowest BCUT2D eigenvalue weighted by molar-refractivity contribution is 0.0932. The molecule has 19 heavy (non-hydrogen) atoms. The summed E-state index contributed by atoms with van der Waals surface area (Å²) < 4.78 is 41.6. The van der Waals surface area contributed by atoms with E-state index in [-0.39, 0.29) is 5.56 Å². The smallest absolute Gasteiger partial charge is 0.266 e. The maximum Gasteiger partial charge on any atom is 0.284 e. The lowest BCUT2D eigenvalue weighted by Gasteiger charge is -2.08. The molecule has 0 aliphatic rings. The molecule has 0 saturated carbocycles. The fraction of sp³-hybridized carbons (Fsp3) is 0.231. The Morgan fingerprint density at radius 3 is 2.26 bits per heavy atom. The van der Waals surface area contributed by atoms with Crippen LogP contribution in [0.1, 0.15) is 27.3 Å². The topological polar surface area (TPSA) is 34.9 Å². The Morgan fingerprint density at radius 1 is 1.11 bits per heavy atom. The second kappa shape index (κ2) is 4.53. The van der Waals surface area contributed by atoms with Gasteiger partial charge in [-0.2, -0.15) is 5.10 Å². The van der Waals surface area contributed by atoms with Gasteiger partial charge in [-0.1, -0.05) is 0 Å². The van der Waals surface area contributed by atoms with Crippen LogP contribution in [0, 0.1) is 38.2 Å². The first-order valence-electron chi connectivity index (χ1n) is 5.55. The van der Waals surface area contributed by atoms with Crippen molar-refractivity contribution in [1.82, 2.24) is 9.78 Å². The molecule has 0 amide bonds. The molecule has 0 aliphatic carbocycles. The number of hydrogen-bond donors (Lipinski definition) is 0. The summed E-state index contributed by atoms with van der Waals surface area (Å²) in [7, 11) is 0. The van der Waals surface area contributed by atoms with Gasteiger partial charge in [-0.15, -0.1) is 0 Å². The third-order valence-electron chi connectivity index (χ3n) is 2.75. The molecule has 0 atom stereocenters. The zero-order valence-electron chi connectivity index (χ0n) is 10.6. The average molecular weight is 268 g/mol. The Morgan fingerprint density at radius 2 is 1.74 bits per heavy atom. The van der Waals surface area contributed by atoms with Crippen LogP contribution in [-0.2, 0) is 0 Å². The first-order chi connectivity index (χ1) is 8.82. The van der Waals surface area contributed by atoms with Gasteiger partial charge in [0.1, 0.15) is 11.4 Å². The van der Waals surface area contributed by atoms with E-state index in [0.717, 1.165) is 4.68 Å². The highest BCUT2D eigenvalue weighted by Gasteiger charge is 2.25. The van der Waals surface area contributed by atoms with E-state index in [0.29, 0.717) is 17.5 Å². The number of aryl methyl sites for hydroxylation is 3. The summed E-state index contributed by atoms with van der Waals surface area (Å²) in [6, 6.07) is 2.29. The molecule has 0 fully saturated rings. The van der Waals surface area contributed by atoms with E-state index in [2.05, 4.69) is 5.10 Å². The number of nitrogens with zero attached hydrogens (tertiary/aromatic N) is 2. The highest BCUT2D eigenvalue weighted by Crippen LogP contribution is 2.21. The highest BCUT2D eigenvalue weighted by atomic mass is 19.2. The summed E-state index contributed by atoms with van der Waals surface area (Å²) in [4.78, 5) is 12.1. The van der Waals surface area contributed by atoms with E-state index in [1.54, 1.807) is 19.9 Å². The Kier molecular flexibility index (Phi) is 3.18. The molecular formula is C13H11F3N2O. The maximum absolute atomic E-state index is 13.8. The van der Waals surface area contributed by atoms with Crippen LogP contribution in [0.15, 0.2) is 12.1 Å². The van der Waals surface area contributed by atoms with Gasteiger partial charge in [0, 0.05) is 5.69 Å². The number of rotatable bonds is 1. The van der Waals surface area contributed by atoms with Crippen LogP contribution in [0.25, 0.3) is 0 Å². The van der Waals surface area contributed by atoms with Crippen LogP contribution in [0.3, 0.4) is 0 Å². The molecule has 100 valence electrons. The molecule has 0 spiro atoms. The predicted molar refractivity (Wildman–Crippen MR) is 62.5 cm³/mol. The van der Waals surface area contributed by atoms with Gasteiger partial charge in [-0.05, 0) is 38.5 Å². The van der Waals surface area contributed by atoms with Gasteiger partial charge >= 0.3 is 0 Å². The van der Waals surface area contributed by atoms with Gasteiger partial charge in [0.2, 0.25) is 0 Å². The molecular weight excluding hydrogens is 257 g/mol. The van der Waals surface area contributed by atoms with Crippen molar-refractivity contribution in [2.45, 2.75) is 20.8 Å². The number of halogens is 3. The number of benzene rings is 1. The number of carbonyl (C=O) groups excluding carboxylic acids is 1. The van der Waals surface area contributed by atoms with Gasteiger partial charge < -0.3 is 0 Å². The molecule has 0 radical (unpaired) electrons. The molecule has 0 unspecified atom stereocenters. The van der Waals surface area contributed by atoms with E-state index in [4.69, 9.17) is 0 Å². The lowest BCUT2D eigenvalue weighted by atomic mass is 10.1. The highest BCUT2D eigenvalue weighted by molar-refractivity contribution is 5.96. The van der Waals surface area contributed by atoms with E-state index in [1.165, 1.54) is 6.92 Å². The van der Waals surface area contributed by atoms with Crippen molar-refractivity contribution >= 4 is 5.91 Å². The SMILES string of the molecule is Cc1cc(C)n(C(=O)c2c(F)c(C)cc(F)c2F)n1. The minimum Gasteiger partial charge on any atom is -0.266 e. The van der Waals surface area contributed by atoms with E-state index in [9.17, 15) is 18.0 Å². The summed E-state index contributed by atoms with van der Waals surface area (Å²) >= 11 is 0. The Balaban J connectivity index is 2.66. The Labute approximate surface area is 107 Å². The quantitative estimate of drug-likeness (QED) is 0.745. The molecule has 1 aromatic carbocycles. The molecule has 0 saturated heterocycles. The number of hydrogen-bond acceptors (Lipinski definition) is 2. The molecule has 2 rings (SSSR count). The Bertz CT molecular complexity index is 651. The molecule has 0 aliphatic heterocycles. The fourth-order valence-electron chi connectivity index (χ4n) is 1.86. The third kappa shape index (κ3) is 2.14. The lowest BCUT2D eigenvalue weighted by Crippen LogP contribution is -2.20. The van der Waals surface area contributed by atoms with Crippen LogP contribution in [0.4, 0.5) is 13.2 Å². The first-order valence-corrected chi connectivity index (χ1v) is 5.55. The molecule has 2 aromatic rings. The van der Waals surface area contributed by atoms with E-state index >= 15 is 0 Å². The maximum atomic E-state index is 13.8. The van der Waals surface area contributed by atoms with Crippen molar-refractivity contribution in [2.75, 3.05) is 0 Å². The average Bonchev–Trinajstić information content (AvgIpc) is 2.66. The number of carbonyl (C=O) groups is 1. The minimum absolute atomic E-state index is 0.135. The molecule has 0 N–H and O–H groups in total. The molecule has 6 heteroatoms. The molecule has 3 nitrogen and oxygen atoms in total. The second-order valence-corrected chi connectivity index (χ2v) is 4.32. The normalized spacial score (nSPS) is 10.8. The van der Waals surface area contributed by atoms with Crippen molar-refractivity contribution in [2.24, 2.45) is 0 Å². The van der Waals surface area contributed by atoms with Gasteiger partial charge in [0.25, 0.3) is 5.91 Å². The summed E-state index contributed by atoms with van der Waals surface area (Å²) in [5.41, 5.74) is -0.115. The van der Waals surface area contributed by atoms with Crippen molar-refractivity contribution in [3.8, 4) is 0 Å². The third-order valence-corrected chi connectivity index (χ3v) is 2.75. The van der Waals surface area contributed by atoms with Crippen molar-refractivity contribution < 1.29 is 18.0 Å². The standard InChI is InChI=1S/C13H11F3N2O/c1-6-4-9(14)12(16)10(11(6)15)13(19)18-8(3)5-7(2)17-18/h4-5H,1-3H3. The monoisotopic (exact) mass is 268 g/mol.